The van der Waals surface area contributed by atoms with E-state index in [0.717, 1.165) is 34.8 Å². The van der Waals surface area contributed by atoms with E-state index in [4.69, 9.17) is 9.47 Å². The Labute approximate surface area is 174 Å². The number of rotatable bonds is 7. The molecule has 8 nitrogen and oxygen atoms in total. The number of benzene rings is 1. The highest BCUT2D eigenvalue weighted by Crippen LogP contribution is 2.29. The van der Waals surface area contributed by atoms with E-state index in [-0.39, 0.29) is 6.03 Å². The van der Waals surface area contributed by atoms with Gasteiger partial charge in [0.1, 0.15) is 5.75 Å². The number of thiazole rings is 1. The molecule has 3 amide bonds. The maximum absolute atomic E-state index is 12.6. The smallest absolute Gasteiger partial charge is 0.413 e. The van der Waals surface area contributed by atoms with E-state index in [1.54, 1.807) is 11.8 Å². The van der Waals surface area contributed by atoms with Crippen LogP contribution in [0.4, 0.5) is 20.4 Å². The predicted molar refractivity (Wildman–Crippen MR) is 113 cm³/mol. The number of aromatic nitrogens is 1. The Morgan fingerprint density at radius 1 is 1.21 bits per heavy atom. The van der Waals surface area contributed by atoms with Gasteiger partial charge in [0.25, 0.3) is 0 Å². The summed E-state index contributed by atoms with van der Waals surface area (Å²) >= 11 is 1.37. The van der Waals surface area contributed by atoms with Crippen LogP contribution >= 0.6 is 11.3 Å². The van der Waals surface area contributed by atoms with E-state index in [9.17, 15) is 9.59 Å². The van der Waals surface area contributed by atoms with Gasteiger partial charge in [-0.2, -0.15) is 0 Å². The molecule has 2 N–H and O–H groups in total. The van der Waals surface area contributed by atoms with Crippen molar-refractivity contribution in [2.45, 2.75) is 39.7 Å². The molecule has 1 aliphatic rings. The maximum Gasteiger partial charge on any atom is 0.413 e. The van der Waals surface area contributed by atoms with Crippen LogP contribution in [0.15, 0.2) is 24.3 Å². The average molecular weight is 419 g/mol. The number of unbranched alkanes of at least 4 members (excludes halogenated alkanes) is 1. The maximum atomic E-state index is 12.6. The van der Waals surface area contributed by atoms with Crippen LogP contribution < -0.4 is 15.4 Å². The standard InChI is InChI=1S/C20H26N4O4S/c1-3-5-12-28-15-8-6-14(7-9-15)21-19(25)24-11-10-16-17(13-24)29-18(22-16)23-20(26)27-4-2/h6-9H,3-5,10-13H2,1-2H3,(H,21,25)(H,22,23,26). The average Bonchev–Trinajstić information content (AvgIpc) is 3.11. The molecule has 0 saturated carbocycles. The Morgan fingerprint density at radius 2 is 2.00 bits per heavy atom. The molecule has 0 atom stereocenters. The van der Waals surface area contributed by atoms with Crippen LogP contribution in [0, 0.1) is 0 Å². The summed E-state index contributed by atoms with van der Waals surface area (Å²) in [6.45, 7) is 5.89. The highest BCUT2D eigenvalue weighted by atomic mass is 32.1. The van der Waals surface area contributed by atoms with Crippen LogP contribution in [0.25, 0.3) is 0 Å². The Kier molecular flexibility index (Phi) is 7.29. The fraction of sp³-hybridized carbons (Fsp3) is 0.450. The van der Waals surface area contributed by atoms with Crippen molar-refractivity contribution in [3.8, 4) is 5.75 Å². The molecule has 1 aromatic carbocycles. The first-order valence-corrected chi connectivity index (χ1v) is 10.6. The van der Waals surface area contributed by atoms with Crippen molar-refractivity contribution in [3.63, 3.8) is 0 Å². The normalized spacial score (nSPS) is 12.8. The number of fused-ring (bicyclic) bond motifs is 1. The molecular formula is C20H26N4O4S. The number of nitrogens with zero attached hydrogens (tertiary/aromatic N) is 2. The van der Waals surface area contributed by atoms with Crippen molar-refractivity contribution in [3.05, 3.63) is 34.8 Å². The Hall–Kier alpha value is -2.81. The lowest BCUT2D eigenvalue weighted by Crippen LogP contribution is -2.38. The molecular weight excluding hydrogens is 392 g/mol. The van der Waals surface area contributed by atoms with E-state index < -0.39 is 6.09 Å². The van der Waals surface area contributed by atoms with Crippen molar-refractivity contribution in [1.29, 1.82) is 0 Å². The van der Waals surface area contributed by atoms with Gasteiger partial charge in [-0.1, -0.05) is 24.7 Å². The van der Waals surface area contributed by atoms with Crippen molar-refractivity contribution < 1.29 is 19.1 Å². The molecule has 1 aliphatic heterocycles. The molecule has 156 valence electrons. The number of anilines is 2. The summed E-state index contributed by atoms with van der Waals surface area (Å²) < 4.78 is 10.5. The van der Waals surface area contributed by atoms with Crippen molar-refractivity contribution in [1.82, 2.24) is 9.88 Å². The molecule has 2 heterocycles. The predicted octanol–water partition coefficient (Wildman–Crippen LogP) is 4.48. The minimum atomic E-state index is -0.518. The van der Waals surface area contributed by atoms with Gasteiger partial charge in [-0.25, -0.2) is 14.6 Å². The summed E-state index contributed by atoms with van der Waals surface area (Å²) in [5.41, 5.74) is 1.64. The monoisotopic (exact) mass is 418 g/mol. The second-order valence-electron chi connectivity index (χ2n) is 6.56. The second-order valence-corrected chi connectivity index (χ2v) is 7.65. The van der Waals surface area contributed by atoms with Gasteiger partial charge in [0.05, 0.1) is 25.5 Å². The molecule has 2 aromatic rings. The quantitative estimate of drug-likeness (QED) is 0.647. The van der Waals surface area contributed by atoms with Crippen molar-refractivity contribution >= 4 is 34.3 Å². The van der Waals surface area contributed by atoms with Crippen LogP contribution in [0.5, 0.6) is 5.75 Å². The number of amides is 3. The van der Waals surface area contributed by atoms with Gasteiger partial charge in [0.2, 0.25) is 0 Å². The number of carbonyl (C=O) groups is 2. The zero-order chi connectivity index (χ0) is 20.6. The number of hydrogen-bond donors (Lipinski definition) is 2. The molecule has 1 aromatic heterocycles. The summed E-state index contributed by atoms with van der Waals surface area (Å²) in [7, 11) is 0. The fourth-order valence-electron chi connectivity index (χ4n) is 2.85. The highest BCUT2D eigenvalue weighted by molar-refractivity contribution is 7.15. The second kappa shape index (κ2) is 10.1. The van der Waals surface area contributed by atoms with Crippen LogP contribution in [-0.2, 0) is 17.7 Å². The molecule has 0 aliphatic carbocycles. The fourth-order valence-corrected chi connectivity index (χ4v) is 3.86. The zero-order valence-corrected chi connectivity index (χ0v) is 17.5. The largest absolute Gasteiger partial charge is 0.494 e. The Bertz CT molecular complexity index is 838. The number of nitrogens with one attached hydrogen (secondary N) is 2. The molecule has 3 rings (SSSR count). The number of ether oxygens (including phenoxy) is 2. The summed E-state index contributed by atoms with van der Waals surface area (Å²) in [5, 5.41) is 6.04. The first-order chi connectivity index (χ1) is 14.1. The van der Waals surface area contributed by atoms with Gasteiger partial charge in [-0.3, -0.25) is 5.32 Å². The number of urea groups is 1. The van der Waals surface area contributed by atoms with E-state index in [0.29, 0.717) is 37.9 Å². The summed E-state index contributed by atoms with van der Waals surface area (Å²) in [4.78, 5) is 31.3. The Balaban J connectivity index is 1.54. The molecule has 29 heavy (non-hydrogen) atoms. The third-order valence-electron chi connectivity index (χ3n) is 4.38. The number of hydrogen-bond acceptors (Lipinski definition) is 6. The third kappa shape index (κ3) is 5.83. The highest BCUT2D eigenvalue weighted by Gasteiger charge is 2.24. The minimum absolute atomic E-state index is 0.163. The molecule has 0 fully saturated rings. The first kappa shape index (κ1) is 20.9. The van der Waals surface area contributed by atoms with Crippen LogP contribution in [0.1, 0.15) is 37.3 Å². The molecule has 0 radical (unpaired) electrons. The lowest BCUT2D eigenvalue weighted by molar-refractivity contribution is 0.168. The minimum Gasteiger partial charge on any atom is -0.494 e. The van der Waals surface area contributed by atoms with E-state index in [1.165, 1.54) is 11.3 Å². The van der Waals surface area contributed by atoms with Crippen LogP contribution in [-0.4, -0.2) is 41.8 Å². The SMILES string of the molecule is CCCCOc1ccc(NC(=O)N2CCc3nc(NC(=O)OCC)sc3C2)cc1. The third-order valence-corrected chi connectivity index (χ3v) is 5.37. The van der Waals surface area contributed by atoms with Gasteiger partial charge in [0, 0.05) is 23.5 Å². The van der Waals surface area contributed by atoms with Gasteiger partial charge in [-0.05, 0) is 37.6 Å². The molecule has 0 bridgehead atoms. The molecule has 0 spiro atoms. The zero-order valence-electron chi connectivity index (χ0n) is 16.7. The van der Waals surface area contributed by atoms with Gasteiger partial charge < -0.3 is 19.7 Å². The van der Waals surface area contributed by atoms with Crippen molar-refractivity contribution in [2.24, 2.45) is 0 Å². The lowest BCUT2D eigenvalue weighted by atomic mass is 10.2. The summed E-state index contributed by atoms with van der Waals surface area (Å²) in [5.74, 6) is 0.797. The lowest BCUT2D eigenvalue weighted by Gasteiger charge is -2.26. The Morgan fingerprint density at radius 3 is 2.72 bits per heavy atom. The topological polar surface area (TPSA) is 92.8 Å². The van der Waals surface area contributed by atoms with Crippen molar-refractivity contribution in [2.75, 3.05) is 30.4 Å². The van der Waals surface area contributed by atoms with E-state index in [1.807, 2.05) is 24.3 Å². The summed E-state index contributed by atoms with van der Waals surface area (Å²) in [6.07, 6.45) is 2.24. The van der Waals surface area contributed by atoms with E-state index in [2.05, 4.69) is 22.5 Å². The van der Waals surface area contributed by atoms with E-state index >= 15 is 0 Å². The van der Waals surface area contributed by atoms with Crippen LogP contribution in [0.2, 0.25) is 0 Å². The molecule has 0 saturated heterocycles. The van der Waals surface area contributed by atoms with Gasteiger partial charge in [0.15, 0.2) is 5.13 Å². The first-order valence-electron chi connectivity index (χ1n) is 9.80. The molecule has 9 heteroatoms. The molecule has 0 unspecified atom stereocenters. The van der Waals surface area contributed by atoms with Gasteiger partial charge >= 0.3 is 12.1 Å². The summed E-state index contributed by atoms with van der Waals surface area (Å²) in [6, 6.07) is 7.22. The number of carbonyl (C=O) groups excluding carboxylic acids is 2. The van der Waals surface area contributed by atoms with Crippen LogP contribution in [0.3, 0.4) is 0 Å². The van der Waals surface area contributed by atoms with Gasteiger partial charge in [-0.15, -0.1) is 0 Å².